The normalized spacial score (nSPS) is 20.1. The van der Waals surface area contributed by atoms with E-state index in [4.69, 9.17) is 4.84 Å². The van der Waals surface area contributed by atoms with Crippen molar-refractivity contribution in [3.05, 3.63) is 69.8 Å². The number of nitrogens with zero attached hydrogens (tertiary/aromatic N) is 1. The highest BCUT2D eigenvalue weighted by atomic mass is 16.6. The fourth-order valence-electron chi connectivity index (χ4n) is 3.48. The van der Waals surface area contributed by atoms with E-state index in [1.165, 1.54) is 23.8 Å². The van der Waals surface area contributed by atoms with Crippen molar-refractivity contribution in [1.82, 2.24) is 0 Å². The summed E-state index contributed by atoms with van der Waals surface area (Å²) in [6.45, 7) is 4.12. The standard InChI is InChI=1S/C20H18N2O2/c1-11-8-15-17(9-12(11)2)21-20(23)18(15)16-10-13-6-4-5-7-14(13)19(16)22-24-3/h4-9H,10H2,1-3H3,(H,21,23)/b18-16+,22-19?. The zero-order valence-corrected chi connectivity index (χ0v) is 13.9. The molecule has 4 nitrogen and oxygen atoms in total. The van der Waals surface area contributed by atoms with Gasteiger partial charge >= 0.3 is 0 Å². The average Bonchev–Trinajstić information content (AvgIpc) is 3.06. The summed E-state index contributed by atoms with van der Waals surface area (Å²) in [5.74, 6) is -0.0680. The van der Waals surface area contributed by atoms with Gasteiger partial charge in [-0.15, -0.1) is 0 Å². The summed E-state index contributed by atoms with van der Waals surface area (Å²) in [7, 11) is 1.53. The summed E-state index contributed by atoms with van der Waals surface area (Å²) in [6.07, 6.45) is 0.688. The lowest BCUT2D eigenvalue weighted by molar-refractivity contribution is -0.110. The summed E-state index contributed by atoms with van der Waals surface area (Å²) < 4.78 is 0. The molecule has 120 valence electrons. The number of anilines is 1. The summed E-state index contributed by atoms with van der Waals surface area (Å²) >= 11 is 0. The number of benzene rings is 2. The smallest absolute Gasteiger partial charge is 0.256 e. The molecule has 0 unspecified atom stereocenters. The van der Waals surface area contributed by atoms with Crippen LogP contribution in [0.2, 0.25) is 0 Å². The SMILES string of the molecule is CON=C1/C(=C2/C(=O)Nc3cc(C)c(C)cc32)Cc2ccccc21. The first kappa shape index (κ1) is 14.7. The van der Waals surface area contributed by atoms with Gasteiger partial charge in [0.1, 0.15) is 12.8 Å². The lowest BCUT2D eigenvalue weighted by atomic mass is 9.95. The average molecular weight is 318 g/mol. The Hall–Kier alpha value is -2.88. The maximum absolute atomic E-state index is 12.7. The fraction of sp³-hybridized carbons (Fsp3) is 0.200. The first-order valence-corrected chi connectivity index (χ1v) is 7.96. The van der Waals surface area contributed by atoms with Crippen LogP contribution in [0.4, 0.5) is 5.69 Å². The molecule has 0 saturated carbocycles. The molecule has 0 fully saturated rings. The Morgan fingerprint density at radius 2 is 1.83 bits per heavy atom. The number of hydrogen-bond donors (Lipinski definition) is 1. The van der Waals surface area contributed by atoms with Crippen LogP contribution in [-0.2, 0) is 16.1 Å². The molecule has 1 N–H and O–H groups in total. The topological polar surface area (TPSA) is 50.7 Å². The molecule has 0 spiro atoms. The quantitative estimate of drug-likeness (QED) is 0.645. The predicted molar refractivity (Wildman–Crippen MR) is 95.2 cm³/mol. The molecular formula is C20H18N2O2. The number of aryl methyl sites for hydroxylation is 2. The van der Waals surface area contributed by atoms with Crippen LogP contribution < -0.4 is 5.32 Å². The summed E-state index contributed by atoms with van der Waals surface area (Å²) in [5, 5.41) is 7.21. The second-order valence-electron chi connectivity index (χ2n) is 6.25. The Kier molecular flexibility index (Phi) is 3.27. The third-order valence-electron chi connectivity index (χ3n) is 4.79. The van der Waals surface area contributed by atoms with E-state index in [0.717, 1.165) is 28.1 Å². The number of hydrogen-bond acceptors (Lipinski definition) is 3. The molecule has 2 aromatic rings. The van der Waals surface area contributed by atoms with Crippen molar-refractivity contribution < 1.29 is 9.63 Å². The molecule has 1 amide bonds. The van der Waals surface area contributed by atoms with E-state index in [1.54, 1.807) is 0 Å². The van der Waals surface area contributed by atoms with Crippen molar-refractivity contribution in [3.8, 4) is 0 Å². The molecule has 2 aliphatic rings. The van der Waals surface area contributed by atoms with Crippen LogP contribution in [0.25, 0.3) is 5.57 Å². The minimum Gasteiger partial charge on any atom is -0.399 e. The molecule has 0 aromatic heterocycles. The molecule has 0 bridgehead atoms. The van der Waals surface area contributed by atoms with Gasteiger partial charge in [-0.2, -0.15) is 0 Å². The third kappa shape index (κ3) is 2.07. The van der Waals surface area contributed by atoms with E-state index in [0.29, 0.717) is 12.0 Å². The van der Waals surface area contributed by atoms with Gasteiger partial charge in [0.05, 0.1) is 5.57 Å². The number of nitrogens with one attached hydrogen (secondary N) is 1. The van der Waals surface area contributed by atoms with E-state index in [1.807, 2.05) is 24.3 Å². The van der Waals surface area contributed by atoms with Gasteiger partial charge in [0.25, 0.3) is 5.91 Å². The predicted octanol–water partition coefficient (Wildman–Crippen LogP) is 3.62. The van der Waals surface area contributed by atoms with Gasteiger partial charge in [-0.1, -0.05) is 29.4 Å². The monoisotopic (exact) mass is 318 g/mol. The first-order valence-electron chi connectivity index (χ1n) is 7.96. The molecule has 24 heavy (non-hydrogen) atoms. The van der Waals surface area contributed by atoms with Gasteiger partial charge in [-0.3, -0.25) is 4.79 Å². The summed E-state index contributed by atoms with van der Waals surface area (Å²) in [5.41, 5.74) is 8.76. The second-order valence-corrected chi connectivity index (χ2v) is 6.25. The molecule has 0 atom stereocenters. The van der Waals surface area contributed by atoms with Crippen molar-refractivity contribution in [2.75, 3.05) is 12.4 Å². The number of oxime groups is 1. The minimum atomic E-state index is -0.0680. The van der Waals surface area contributed by atoms with Crippen molar-refractivity contribution in [2.24, 2.45) is 5.16 Å². The van der Waals surface area contributed by atoms with E-state index < -0.39 is 0 Å². The largest absolute Gasteiger partial charge is 0.399 e. The summed E-state index contributed by atoms with van der Waals surface area (Å²) in [6, 6.07) is 12.2. The van der Waals surface area contributed by atoms with Gasteiger partial charge in [-0.25, -0.2) is 0 Å². The number of carbonyl (C=O) groups excluding carboxylic acids is 1. The molecule has 0 saturated heterocycles. The number of fused-ring (bicyclic) bond motifs is 2. The molecule has 1 heterocycles. The van der Waals surface area contributed by atoms with Gasteiger partial charge < -0.3 is 10.2 Å². The van der Waals surface area contributed by atoms with Gasteiger partial charge in [0, 0.05) is 23.2 Å². The third-order valence-corrected chi connectivity index (χ3v) is 4.79. The number of rotatable bonds is 1. The van der Waals surface area contributed by atoms with Crippen LogP contribution in [0.3, 0.4) is 0 Å². The van der Waals surface area contributed by atoms with Crippen molar-refractivity contribution in [2.45, 2.75) is 20.3 Å². The van der Waals surface area contributed by atoms with Crippen LogP contribution in [0.1, 0.15) is 27.8 Å². The van der Waals surface area contributed by atoms with E-state index in [9.17, 15) is 4.79 Å². The zero-order valence-electron chi connectivity index (χ0n) is 13.9. The van der Waals surface area contributed by atoms with Crippen LogP contribution in [0, 0.1) is 13.8 Å². The lowest BCUT2D eigenvalue weighted by Crippen LogP contribution is -2.10. The van der Waals surface area contributed by atoms with Crippen molar-refractivity contribution >= 4 is 22.9 Å². The highest BCUT2D eigenvalue weighted by Gasteiger charge is 2.34. The fourth-order valence-corrected chi connectivity index (χ4v) is 3.48. The molecule has 1 aliphatic heterocycles. The molecule has 2 aromatic carbocycles. The zero-order chi connectivity index (χ0) is 16.8. The van der Waals surface area contributed by atoms with Crippen molar-refractivity contribution in [3.63, 3.8) is 0 Å². The maximum atomic E-state index is 12.7. The van der Waals surface area contributed by atoms with Gasteiger partial charge in [-0.05, 0) is 48.2 Å². The van der Waals surface area contributed by atoms with E-state index in [-0.39, 0.29) is 5.91 Å². The Balaban J connectivity index is 1.97. The van der Waals surface area contributed by atoms with Gasteiger partial charge in [0.2, 0.25) is 0 Å². The Morgan fingerprint density at radius 3 is 2.62 bits per heavy atom. The van der Waals surface area contributed by atoms with Crippen LogP contribution in [0.15, 0.2) is 47.1 Å². The Morgan fingerprint density at radius 1 is 1.08 bits per heavy atom. The molecule has 1 aliphatic carbocycles. The minimum absolute atomic E-state index is 0.0680. The van der Waals surface area contributed by atoms with E-state index >= 15 is 0 Å². The lowest BCUT2D eigenvalue weighted by Gasteiger charge is -2.07. The molecule has 4 heteroatoms. The molecular weight excluding hydrogens is 300 g/mol. The molecule has 0 radical (unpaired) electrons. The number of amides is 1. The first-order chi connectivity index (χ1) is 11.6. The second kappa shape index (κ2) is 5.34. The maximum Gasteiger partial charge on any atom is 0.256 e. The summed E-state index contributed by atoms with van der Waals surface area (Å²) in [4.78, 5) is 17.7. The Labute approximate surface area is 140 Å². The van der Waals surface area contributed by atoms with Crippen molar-refractivity contribution in [1.29, 1.82) is 0 Å². The Bertz CT molecular complexity index is 939. The van der Waals surface area contributed by atoms with Crippen LogP contribution in [-0.4, -0.2) is 18.7 Å². The number of carbonyl (C=O) groups is 1. The van der Waals surface area contributed by atoms with Crippen LogP contribution in [0.5, 0.6) is 0 Å². The highest BCUT2D eigenvalue weighted by molar-refractivity contribution is 6.38. The molecule has 4 rings (SSSR count). The number of allylic oxidation sites excluding steroid dienone is 1. The van der Waals surface area contributed by atoms with Gasteiger partial charge in [0.15, 0.2) is 0 Å². The van der Waals surface area contributed by atoms with Crippen LogP contribution >= 0.6 is 0 Å². The highest BCUT2D eigenvalue weighted by Crippen LogP contribution is 2.40. The van der Waals surface area contributed by atoms with E-state index in [2.05, 4.69) is 36.5 Å².